The van der Waals surface area contributed by atoms with Crippen LogP contribution in [0.15, 0.2) is 6.07 Å². The third-order valence-electron chi connectivity index (χ3n) is 3.91. The fourth-order valence-electron chi connectivity index (χ4n) is 2.74. The Morgan fingerprint density at radius 3 is 2.62 bits per heavy atom. The zero-order valence-corrected chi connectivity index (χ0v) is 13.6. The van der Waals surface area contributed by atoms with Crippen molar-refractivity contribution in [3.8, 4) is 0 Å². The van der Waals surface area contributed by atoms with E-state index in [4.69, 9.17) is 4.74 Å². The zero-order valence-electron chi connectivity index (χ0n) is 12.7. The monoisotopic (exact) mass is 309 g/mol. The summed E-state index contributed by atoms with van der Waals surface area (Å²) < 4.78 is 5.08. The maximum absolute atomic E-state index is 11.9. The molecule has 0 radical (unpaired) electrons. The maximum atomic E-state index is 11.9. The molecule has 1 heterocycles. The van der Waals surface area contributed by atoms with Crippen LogP contribution in [0.2, 0.25) is 0 Å². The van der Waals surface area contributed by atoms with Gasteiger partial charge in [-0.25, -0.2) is 4.79 Å². The average Bonchev–Trinajstić information content (AvgIpc) is 2.82. The highest BCUT2D eigenvalue weighted by Gasteiger charge is 2.17. The standard InChI is InChI=1S/C16H23NO3S/c1-11-8-14(12(2)21-11)16(19)20-10-15(18)17-9-13-6-4-3-5-7-13/h8,13H,3-7,9-10H2,1-2H3,(H,17,18). The molecule has 1 aliphatic carbocycles. The Balaban J connectivity index is 1.71. The minimum absolute atomic E-state index is 0.195. The van der Waals surface area contributed by atoms with E-state index in [0.717, 1.165) is 9.75 Å². The molecule has 0 bridgehead atoms. The second kappa shape index (κ2) is 7.59. The number of hydrogen-bond donors (Lipinski definition) is 1. The van der Waals surface area contributed by atoms with Crippen LogP contribution in [0.5, 0.6) is 0 Å². The number of esters is 1. The van der Waals surface area contributed by atoms with Crippen molar-refractivity contribution in [2.75, 3.05) is 13.2 Å². The van der Waals surface area contributed by atoms with Crippen molar-refractivity contribution in [3.05, 3.63) is 21.4 Å². The van der Waals surface area contributed by atoms with Crippen LogP contribution in [0.3, 0.4) is 0 Å². The van der Waals surface area contributed by atoms with E-state index in [9.17, 15) is 9.59 Å². The zero-order chi connectivity index (χ0) is 15.2. The number of thiophene rings is 1. The van der Waals surface area contributed by atoms with Gasteiger partial charge in [-0.1, -0.05) is 19.3 Å². The molecule has 2 rings (SSSR count). The number of amides is 1. The van der Waals surface area contributed by atoms with E-state index in [-0.39, 0.29) is 12.5 Å². The predicted molar refractivity (Wildman–Crippen MR) is 83.7 cm³/mol. The quantitative estimate of drug-likeness (QED) is 0.850. The van der Waals surface area contributed by atoms with E-state index in [0.29, 0.717) is 18.0 Å². The van der Waals surface area contributed by atoms with Gasteiger partial charge in [0.1, 0.15) is 0 Å². The number of nitrogens with one attached hydrogen (secondary N) is 1. The molecule has 116 valence electrons. The summed E-state index contributed by atoms with van der Waals surface area (Å²) in [6, 6.07) is 1.81. The minimum atomic E-state index is -0.412. The van der Waals surface area contributed by atoms with Crippen molar-refractivity contribution in [2.45, 2.75) is 46.0 Å². The molecule has 0 aromatic carbocycles. The van der Waals surface area contributed by atoms with Crippen LogP contribution in [0.4, 0.5) is 0 Å². The number of carbonyl (C=O) groups is 2. The molecule has 1 aliphatic rings. The number of hydrogen-bond acceptors (Lipinski definition) is 4. The first-order chi connectivity index (χ1) is 10.1. The first kappa shape index (κ1) is 16.0. The van der Waals surface area contributed by atoms with Crippen molar-refractivity contribution >= 4 is 23.2 Å². The van der Waals surface area contributed by atoms with Crippen molar-refractivity contribution in [1.29, 1.82) is 0 Å². The van der Waals surface area contributed by atoms with Crippen LogP contribution in [0.25, 0.3) is 0 Å². The van der Waals surface area contributed by atoms with Gasteiger partial charge in [0.05, 0.1) is 5.56 Å². The molecule has 0 atom stereocenters. The lowest BCUT2D eigenvalue weighted by Gasteiger charge is -2.21. The van der Waals surface area contributed by atoms with Crippen LogP contribution in [-0.4, -0.2) is 25.0 Å². The molecular weight excluding hydrogens is 286 g/mol. The fraction of sp³-hybridized carbons (Fsp3) is 0.625. The molecule has 0 unspecified atom stereocenters. The highest BCUT2D eigenvalue weighted by atomic mass is 32.1. The predicted octanol–water partition coefficient (Wildman–Crippen LogP) is 3.22. The summed E-state index contributed by atoms with van der Waals surface area (Å²) in [6.07, 6.45) is 6.20. The Hall–Kier alpha value is -1.36. The van der Waals surface area contributed by atoms with Crippen LogP contribution in [0, 0.1) is 19.8 Å². The van der Waals surface area contributed by atoms with Crippen LogP contribution in [0.1, 0.15) is 52.2 Å². The molecule has 5 heteroatoms. The first-order valence-electron chi connectivity index (χ1n) is 7.57. The average molecular weight is 309 g/mol. The summed E-state index contributed by atoms with van der Waals surface area (Å²) in [5, 5.41) is 2.87. The molecule has 0 spiro atoms. The molecule has 4 nitrogen and oxygen atoms in total. The summed E-state index contributed by atoms with van der Waals surface area (Å²) in [5.74, 6) is -0.0386. The van der Waals surface area contributed by atoms with Crippen LogP contribution < -0.4 is 5.32 Å². The fourth-order valence-corrected chi connectivity index (χ4v) is 3.65. The van der Waals surface area contributed by atoms with E-state index < -0.39 is 5.97 Å². The van der Waals surface area contributed by atoms with E-state index in [2.05, 4.69) is 5.32 Å². The van der Waals surface area contributed by atoms with Gasteiger partial charge in [-0.15, -0.1) is 11.3 Å². The summed E-state index contributed by atoms with van der Waals surface area (Å²) >= 11 is 1.56. The normalized spacial score (nSPS) is 15.7. The molecule has 0 aliphatic heterocycles. The van der Waals surface area contributed by atoms with Crippen molar-refractivity contribution in [3.63, 3.8) is 0 Å². The molecule has 21 heavy (non-hydrogen) atoms. The highest BCUT2D eigenvalue weighted by Crippen LogP contribution is 2.23. The molecule has 1 fully saturated rings. The lowest BCUT2D eigenvalue weighted by atomic mass is 9.89. The number of ether oxygens (including phenoxy) is 1. The third kappa shape index (κ3) is 4.84. The Morgan fingerprint density at radius 1 is 1.29 bits per heavy atom. The van der Waals surface area contributed by atoms with Gasteiger partial charge in [0, 0.05) is 16.3 Å². The topological polar surface area (TPSA) is 55.4 Å². The van der Waals surface area contributed by atoms with Gasteiger partial charge < -0.3 is 10.1 Å². The first-order valence-corrected chi connectivity index (χ1v) is 8.38. The molecule has 1 aromatic rings. The molecule has 1 saturated carbocycles. The van der Waals surface area contributed by atoms with Gasteiger partial charge >= 0.3 is 5.97 Å². The maximum Gasteiger partial charge on any atom is 0.339 e. The Morgan fingerprint density at radius 2 is 2.00 bits per heavy atom. The molecule has 1 N–H and O–H groups in total. The lowest BCUT2D eigenvalue weighted by molar-refractivity contribution is -0.124. The van der Waals surface area contributed by atoms with E-state index in [1.54, 1.807) is 11.3 Å². The second-order valence-corrected chi connectivity index (χ2v) is 7.17. The summed E-state index contributed by atoms with van der Waals surface area (Å²) in [5.41, 5.74) is 0.567. The SMILES string of the molecule is Cc1cc(C(=O)OCC(=O)NCC2CCCCC2)c(C)s1. The Labute approximate surface area is 129 Å². The van der Waals surface area contributed by atoms with Crippen molar-refractivity contribution in [2.24, 2.45) is 5.92 Å². The van der Waals surface area contributed by atoms with E-state index in [1.807, 2.05) is 19.9 Å². The minimum Gasteiger partial charge on any atom is -0.452 e. The van der Waals surface area contributed by atoms with Gasteiger partial charge in [0.2, 0.25) is 0 Å². The molecule has 1 aromatic heterocycles. The van der Waals surface area contributed by atoms with Gasteiger partial charge in [-0.3, -0.25) is 4.79 Å². The van der Waals surface area contributed by atoms with Crippen LogP contribution >= 0.6 is 11.3 Å². The highest BCUT2D eigenvalue weighted by molar-refractivity contribution is 7.12. The lowest BCUT2D eigenvalue weighted by Crippen LogP contribution is -2.33. The Bertz CT molecular complexity index is 504. The van der Waals surface area contributed by atoms with Gasteiger partial charge in [0.25, 0.3) is 5.91 Å². The summed E-state index contributed by atoms with van der Waals surface area (Å²) in [6.45, 7) is 4.34. The van der Waals surface area contributed by atoms with Crippen LogP contribution in [-0.2, 0) is 9.53 Å². The molecule has 1 amide bonds. The smallest absolute Gasteiger partial charge is 0.339 e. The van der Waals surface area contributed by atoms with Crippen molar-refractivity contribution < 1.29 is 14.3 Å². The summed E-state index contributed by atoms with van der Waals surface area (Å²) in [4.78, 5) is 25.6. The number of aryl methyl sites for hydroxylation is 2. The second-order valence-electron chi connectivity index (χ2n) is 5.71. The van der Waals surface area contributed by atoms with Crippen molar-refractivity contribution in [1.82, 2.24) is 5.32 Å². The largest absolute Gasteiger partial charge is 0.452 e. The van der Waals surface area contributed by atoms with Gasteiger partial charge in [-0.05, 0) is 38.7 Å². The molecule has 0 saturated heterocycles. The van der Waals surface area contributed by atoms with E-state index in [1.165, 1.54) is 32.1 Å². The molecular formula is C16H23NO3S. The number of rotatable bonds is 5. The number of carbonyl (C=O) groups excluding carboxylic acids is 2. The van der Waals surface area contributed by atoms with Gasteiger partial charge in [-0.2, -0.15) is 0 Å². The van der Waals surface area contributed by atoms with Gasteiger partial charge in [0.15, 0.2) is 6.61 Å². The third-order valence-corrected chi connectivity index (χ3v) is 4.87. The van der Waals surface area contributed by atoms with E-state index >= 15 is 0 Å². The summed E-state index contributed by atoms with van der Waals surface area (Å²) in [7, 11) is 0. The Kier molecular flexibility index (Phi) is 5.79.